The van der Waals surface area contributed by atoms with Crippen molar-refractivity contribution in [1.82, 2.24) is 0 Å². The fraction of sp³-hybridized carbons (Fsp3) is 0.400. The molecule has 0 spiro atoms. The number of carbonyl (C=O) groups is 1. The van der Waals surface area contributed by atoms with Gasteiger partial charge in [0, 0.05) is 6.42 Å². The van der Waals surface area contributed by atoms with Crippen LogP contribution < -0.4 is 0 Å². The number of hydrogen-bond donors (Lipinski definition) is 1. The number of hydrogen-bond acceptors (Lipinski definition) is 1. The number of aliphatic carboxylic acids is 1. The second kappa shape index (κ2) is 6.27. The third kappa shape index (κ3) is 4.38. The molecule has 0 heterocycles. The van der Waals surface area contributed by atoms with Gasteiger partial charge in [-0.2, -0.15) is 0 Å². The van der Waals surface area contributed by atoms with Crippen molar-refractivity contribution in [1.29, 1.82) is 0 Å². The van der Waals surface area contributed by atoms with Gasteiger partial charge in [-0.1, -0.05) is 0 Å². The van der Waals surface area contributed by atoms with E-state index in [4.69, 9.17) is 11.5 Å². The summed E-state index contributed by atoms with van der Waals surface area (Å²) >= 11 is 0. The summed E-state index contributed by atoms with van der Waals surface area (Å²) in [5, 5.41) is 8.67. The molecule has 0 rings (SSSR count). The maximum Gasteiger partial charge on any atom is 0.311 e. The van der Waals surface area contributed by atoms with E-state index in [2.05, 4.69) is 11.7 Å². The van der Waals surface area contributed by atoms with Crippen LogP contribution in [0, 0.1) is 18.3 Å². The maximum atomic E-state index is 10.6. The zero-order chi connectivity index (χ0) is 9.40. The maximum absolute atomic E-state index is 10.6. The minimum absolute atomic E-state index is 0.479. The molecule has 2 heteroatoms. The average molecular weight is 164 g/mol. The summed E-state index contributed by atoms with van der Waals surface area (Å²) < 4.78 is 0. The zero-order valence-corrected chi connectivity index (χ0v) is 7.08. The second-order valence-corrected chi connectivity index (χ2v) is 2.31. The van der Waals surface area contributed by atoms with Crippen LogP contribution in [0.15, 0.2) is 17.9 Å². The lowest BCUT2D eigenvalue weighted by Gasteiger charge is -2.01. The molecule has 0 aliphatic carbocycles. The Balaban J connectivity index is 4.16. The third-order valence-corrected chi connectivity index (χ3v) is 1.38. The van der Waals surface area contributed by atoms with Crippen LogP contribution in [0.3, 0.4) is 0 Å². The van der Waals surface area contributed by atoms with Gasteiger partial charge in [-0.05, 0) is 25.5 Å². The molecule has 0 saturated carbocycles. The molecular formula is C10H12O2. The van der Waals surface area contributed by atoms with Gasteiger partial charge in [0.25, 0.3) is 0 Å². The lowest BCUT2D eigenvalue weighted by molar-refractivity contribution is -0.140. The molecule has 0 aromatic carbocycles. The van der Waals surface area contributed by atoms with E-state index < -0.39 is 11.9 Å². The molecule has 0 aromatic rings. The predicted octanol–water partition coefficient (Wildman–Crippen LogP) is 1.83. The molecule has 12 heavy (non-hydrogen) atoms. The summed E-state index contributed by atoms with van der Waals surface area (Å²) in [4.78, 5) is 10.6. The summed E-state index contributed by atoms with van der Waals surface area (Å²) in [6, 6.07) is 0. The Morgan fingerprint density at radius 3 is 2.83 bits per heavy atom. The van der Waals surface area contributed by atoms with E-state index in [9.17, 15) is 4.79 Å². The van der Waals surface area contributed by atoms with Crippen molar-refractivity contribution >= 4 is 5.97 Å². The molecule has 0 amide bonds. The van der Waals surface area contributed by atoms with E-state index in [0.717, 1.165) is 0 Å². The first-order valence-electron chi connectivity index (χ1n) is 3.75. The highest BCUT2D eigenvalue weighted by Gasteiger charge is 2.11. The van der Waals surface area contributed by atoms with Crippen molar-refractivity contribution in [2.75, 3.05) is 0 Å². The van der Waals surface area contributed by atoms with Crippen molar-refractivity contribution in [2.24, 2.45) is 5.92 Å². The van der Waals surface area contributed by atoms with Gasteiger partial charge in [0.1, 0.15) is 0 Å². The summed E-state index contributed by atoms with van der Waals surface area (Å²) in [7, 11) is 0. The molecular weight excluding hydrogens is 152 g/mol. The van der Waals surface area contributed by atoms with Crippen molar-refractivity contribution in [3.05, 3.63) is 17.9 Å². The Morgan fingerprint density at radius 2 is 2.42 bits per heavy atom. The smallest absolute Gasteiger partial charge is 0.311 e. The van der Waals surface area contributed by atoms with Crippen molar-refractivity contribution in [3.8, 4) is 12.3 Å². The van der Waals surface area contributed by atoms with E-state index in [0.29, 0.717) is 12.8 Å². The monoisotopic (exact) mass is 164 g/mol. The topological polar surface area (TPSA) is 37.3 Å². The van der Waals surface area contributed by atoms with Gasteiger partial charge in [0.05, 0.1) is 5.92 Å². The molecule has 1 atom stereocenters. The van der Waals surface area contributed by atoms with Gasteiger partial charge in [-0.3, -0.25) is 4.79 Å². The van der Waals surface area contributed by atoms with E-state index in [1.807, 2.05) is 0 Å². The van der Waals surface area contributed by atoms with Crippen molar-refractivity contribution < 1.29 is 9.90 Å². The molecule has 0 aliphatic rings. The summed E-state index contributed by atoms with van der Waals surface area (Å²) in [6.45, 7) is 1.79. The number of carboxylic acids is 1. The van der Waals surface area contributed by atoms with Crippen molar-refractivity contribution in [3.63, 3.8) is 0 Å². The Kier molecular flexibility index (Phi) is 5.51. The fourth-order valence-electron chi connectivity index (χ4n) is 0.729. The second-order valence-electron chi connectivity index (χ2n) is 2.31. The van der Waals surface area contributed by atoms with Crippen LogP contribution in [0.1, 0.15) is 19.8 Å². The normalized spacial score (nSPS) is 10.7. The Bertz CT molecular complexity index is 239. The lowest BCUT2D eigenvalue weighted by atomic mass is 10.0. The number of terminal acetylenes is 1. The number of carboxylic acid groups (broad SMARTS) is 1. The van der Waals surface area contributed by atoms with E-state index >= 15 is 0 Å². The van der Waals surface area contributed by atoms with Crippen LogP contribution in [0.4, 0.5) is 0 Å². The first kappa shape index (κ1) is 10.6. The highest BCUT2D eigenvalue weighted by molar-refractivity contribution is 5.72. The minimum Gasteiger partial charge on any atom is -0.481 e. The van der Waals surface area contributed by atoms with Gasteiger partial charge in [-0.25, -0.2) is 0 Å². The van der Waals surface area contributed by atoms with E-state index in [1.54, 1.807) is 13.0 Å². The van der Waals surface area contributed by atoms with Crippen LogP contribution in [-0.2, 0) is 4.79 Å². The van der Waals surface area contributed by atoms with E-state index in [-0.39, 0.29) is 0 Å². The summed E-state index contributed by atoms with van der Waals surface area (Å²) in [5.41, 5.74) is 2.74. The van der Waals surface area contributed by atoms with Crippen LogP contribution in [0.2, 0.25) is 0 Å². The predicted molar refractivity (Wildman–Crippen MR) is 47.5 cm³/mol. The Morgan fingerprint density at radius 1 is 1.75 bits per heavy atom. The Hall–Kier alpha value is -1.45. The SMILES string of the molecule is C#CCCC(C=C=CC)C(=O)O. The molecule has 0 fully saturated rings. The molecule has 0 saturated heterocycles. The standard InChI is InChI=1S/C10H12O2/c1-3-5-7-9(10(11)12)8-6-4-2/h1,4,8-9H,5,7H2,2H3,(H,11,12). The molecule has 0 radical (unpaired) electrons. The minimum atomic E-state index is -0.848. The lowest BCUT2D eigenvalue weighted by Crippen LogP contribution is -2.09. The van der Waals surface area contributed by atoms with Crippen LogP contribution in [0.5, 0.6) is 0 Å². The first-order chi connectivity index (χ1) is 5.72. The fourth-order valence-corrected chi connectivity index (χ4v) is 0.729. The average Bonchev–Trinajstić information content (AvgIpc) is 2.04. The molecule has 1 unspecified atom stereocenters. The molecule has 1 N–H and O–H groups in total. The highest BCUT2D eigenvalue weighted by Crippen LogP contribution is 2.07. The summed E-state index contributed by atoms with van der Waals surface area (Å²) in [5.74, 6) is 1.06. The van der Waals surface area contributed by atoms with Gasteiger partial charge in [-0.15, -0.1) is 18.1 Å². The van der Waals surface area contributed by atoms with Crippen LogP contribution in [0.25, 0.3) is 0 Å². The number of rotatable bonds is 4. The van der Waals surface area contributed by atoms with Gasteiger partial charge in [0.15, 0.2) is 0 Å². The molecule has 64 valence electrons. The van der Waals surface area contributed by atoms with Gasteiger partial charge >= 0.3 is 5.97 Å². The van der Waals surface area contributed by atoms with Crippen LogP contribution in [-0.4, -0.2) is 11.1 Å². The first-order valence-corrected chi connectivity index (χ1v) is 3.75. The molecule has 0 aromatic heterocycles. The summed E-state index contributed by atoms with van der Waals surface area (Å²) in [6.07, 6.45) is 9.18. The highest BCUT2D eigenvalue weighted by atomic mass is 16.4. The molecule has 2 nitrogen and oxygen atoms in total. The van der Waals surface area contributed by atoms with Crippen molar-refractivity contribution in [2.45, 2.75) is 19.8 Å². The largest absolute Gasteiger partial charge is 0.481 e. The zero-order valence-electron chi connectivity index (χ0n) is 7.08. The quantitative estimate of drug-likeness (QED) is 0.508. The third-order valence-electron chi connectivity index (χ3n) is 1.38. The van der Waals surface area contributed by atoms with E-state index in [1.165, 1.54) is 6.08 Å². The molecule has 0 bridgehead atoms. The van der Waals surface area contributed by atoms with Crippen LogP contribution >= 0.6 is 0 Å². The van der Waals surface area contributed by atoms with Gasteiger partial charge < -0.3 is 5.11 Å². The Labute approximate surface area is 72.6 Å². The van der Waals surface area contributed by atoms with Gasteiger partial charge in [0.2, 0.25) is 0 Å². The molecule has 0 aliphatic heterocycles.